The Kier molecular flexibility index (Phi) is 5.33. The molecule has 0 saturated carbocycles. The van der Waals surface area contributed by atoms with Crippen LogP contribution in [0.15, 0.2) is 60.9 Å². The Hall–Kier alpha value is -3.61. The van der Waals surface area contributed by atoms with E-state index in [1.54, 1.807) is 0 Å². The van der Waals surface area contributed by atoms with Gasteiger partial charge in [0.2, 0.25) is 12.7 Å². The zero-order valence-electron chi connectivity index (χ0n) is 15.2. The summed E-state index contributed by atoms with van der Waals surface area (Å²) in [7, 11) is 0. The third-order valence-electron chi connectivity index (χ3n) is 4.31. The fourth-order valence-corrected chi connectivity index (χ4v) is 2.85. The van der Waals surface area contributed by atoms with Crippen molar-refractivity contribution in [2.45, 2.75) is 12.8 Å². The molecule has 2 heterocycles. The number of carbonyl (C=O) groups is 1. The molecule has 2 N–H and O–H groups in total. The molecule has 0 spiro atoms. The monoisotopic (exact) mass is 376 g/mol. The second kappa shape index (κ2) is 8.39. The average Bonchev–Trinajstić information content (AvgIpc) is 3.20. The molecule has 0 aliphatic carbocycles. The first-order valence-corrected chi connectivity index (χ1v) is 9.09. The maximum absolute atomic E-state index is 12.2. The molecule has 1 aromatic heterocycles. The van der Waals surface area contributed by atoms with E-state index in [1.807, 2.05) is 36.4 Å². The van der Waals surface area contributed by atoms with Crippen molar-refractivity contribution in [2.24, 2.45) is 0 Å². The van der Waals surface area contributed by atoms with Crippen molar-refractivity contribution in [3.05, 3.63) is 72.1 Å². The summed E-state index contributed by atoms with van der Waals surface area (Å²) in [6.07, 6.45) is 4.82. The summed E-state index contributed by atoms with van der Waals surface area (Å²) < 4.78 is 10.6. The quantitative estimate of drug-likeness (QED) is 0.616. The lowest BCUT2D eigenvalue weighted by atomic mass is 10.1. The highest BCUT2D eigenvalue weighted by Crippen LogP contribution is 2.34. The maximum Gasteiger partial charge on any atom is 0.254 e. The zero-order chi connectivity index (χ0) is 19.2. The minimum absolute atomic E-state index is 0.178. The van der Waals surface area contributed by atoms with Crippen LogP contribution in [0.1, 0.15) is 22.3 Å². The molecule has 0 radical (unpaired) electrons. The lowest BCUT2D eigenvalue weighted by Gasteiger charge is -2.07. The van der Waals surface area contributed by atoms with Crippen molar-refractivity contribution in [3.8, 4) is 11.5 Å². The van der Waals surface area contributed by atoms with Crippen LogP contribution in [-0.2, 0) is 6.42 Å². The fourth-order valence-electron chi connectivity index (χ4n) is 2.85. The van der Waals surface area contributed by atoms with Crippen molar-refractivity contribution in [2.75, 3.05) is 18.7 Å². The molecule has 4 rings (SSSR count). The van der Waals surface area contributed by atoms with Crippen LogP contribution in [-0.4, -0.2) is 29.2 Å². The van der Waals surface area contributed by atoms with Crippen LogP contribution in [0.2, 0.25) is 0 Å². The number of amides is 1. The van der Waals surface area contributed by atoms with Crippen LogP contribution in [0.25, 0.3) is 0 Å². The predicted octanol–water partition coefficient (Wildman–Crippen LogP) is 3.31. The summed E-state index contributed by atoms with van der Waals surface area (Å²) in [5, 5.41) is 5.98. The number of hydrogen-bond acceptors (Lipinski definition) is 6. The Bertz CT molecular complexity index is 946. The van der Waals surface area contributed by atoms with Gasteiger partial charge in [-0.1, -0.05) is 30.3 Å². The molecule has 0 saturated heterocycles. The summed E-state index contributed by atoms with van der Waals surface area (Å²) in [6.45, 7) is 0.829. The van der Waals surface area contributed by atoms with Gasteiger partial charge in [-0.15, -0.1) is 0 Å². The van der Waals surface area contributed by atoms with Crippen molar-refractivity contribution in [3.63, 3.8) is 0 Å². The Morgan fingerprint density at radius 3 is 2.61 bits per heavy atom. The van der Waals surface area contributed by atoms with E-state index in [-0.39, 0.29) is 12.7 Å². The minimum Gasteiger partial charge on any atom is -0.454 e. The number of fused-ring (bicyclic) bond motifs is 1. The van der Waals surface area contributed by atoms with Gasteiger partial charge >= 0.3 is 0 Å². The Morgan fingerprint density at radius 2 is 1.79 bits per heavy atom. The standard InChI is InChI=1S/C21H20N4O3/c26-20(22-10-4-7-15-5-2-1-3-6-15)16-12-23-21(24-13-16)25-17-8-9-18-19(11-17)28-14-27-18/h1-3,5-6,8-9,11-13H,4,7,10,14H2,(H,22,26)(H,23,24,25). The number of carbonyl (C=O) groups excluding carboxylic acids is 1. The Labute approximate surface area is 162 Å². The summed E-state index contributed by atoms with van der Waals surface area (Å²) >= 11 is 0. The molecule has 7 nitrogen and oxygen atoms in total. The van der Waals surface area contributed by atoms with Crippen LogP contribution in [0.5, 0.6) is 11.5 Å². The van der Waals surface area contributed by atoms with Gasteiger partial charge < -0.3 is 20.1 Å². The number of aryl methyl sites for hydroxylation is 1. The summed E-state index contributed by atoms with van der Waals surface area (Å²) in [5.41, 5.74) is 2.47. The normalized spacial score (nSPS) is 11.9. The third kappa shape index (κ3) is 4.37. The molecule has 142 valence electrons. The highest BCUT2D eigenvalue weighted by atomic mass is 16.7. The lowest BCUT2D eigenvalue weighted by molar-refractivity contribution is 0.0952. The van der Waals surface area contributed by atoms with Crippen LogP contribution in [0.4, 0.5) is 11.6 Å². The van der Waals surface area contributed by atoms with Gasteiger partial charge in [-0.3, -0.25) is 4.79 Å². The van der Waals surface area contributed by atoms with Crippen LogP contribution in [0, 0.1) is 0 Å². The third-order valence-corrected chi connectivity index (χ3v) is 4.31. The van der Waals surface area contributed by atoms with E-state index in [9.17, 15) is 4.79 Å². The van der Waals surface area contributed by atoms with Gasteiger partial charge in [-0.25, -0.2) is 9.97 Å². The van der Waals surface area contributed by atoms with Crippen molar-refractivity contribution < 1.29 is 14.3 Å². The number of benzene rings is 2. The molecule has 1 amide bonds. The molecular formula is C21H20N4O3. The minimum atomic E-state index is -0.178. The van der Waals surface area contributed by atoms with E-state index in [0.29, 0.717) is 29.6 Å². The summed E-state index contributed by atoms with van der Waals surface area (Å²) in [5.74, 6) is 1.62. The number of rotatable bonds is 7. The van der Waals surface area contributed by atoms with Crippen molar-refractivity contribution in [1.82, 2.24) is 15.3 Å². The fraction of sp³-hybridized carbons (Fsp3) is 0.190. The summed E-state index contributed by atoms with van der Waals surface area (Å²) in [6, 6.07) is 15.7. The van der Waals surface area contributed by atoms with Gasteiger partial charge in [0, 0.05) is 30.7 Å². The van der Waals surface area contributed by atoms with Crippen molar-refractivity contribution >= 4 is 17.5 Å². The van der Waals surface area contributed by atoms with Crippen molar-refractivity contribution in [1.29, 1.82) is 0 Å². The number of anilines is 2. The van der Waals surface area contributed by atoms with Gasteiger partial charge in [0.1, 0.15) is 0 Å². The molecule has 0 bridgehead atoms. The highest BCUT2D eigenvalue weighted by molar-refractivity contribution is 5.93. The largest absolute Gasteiger partial charge is 0.454 e. The number of nitrogens with zero attached hydrogens (tertiary/aromatic N) is 2. The van der Waals surface area contributed by atoms with E-state index in [2.05, 4.69) is 32.7 Å². The first-order chi connectivity index (χ1) is 13.8. The van der Waals surface area contributed by atoms with E-state index in [1.165, 1.54) is 18.0 Å². The van der Waals surface area contributed by atoms with Crippen LogP contribution in [0.3, 0.4) is 0 Å². The number of aromatic nitrogens is 2. The van der Waals surface area contributed by atoms with Gasteiger partial charge in [0.05, 0.1) is 5.56 Å². The van der Waals surface area contributed by atoms with E-state index < -0.39 is 0 Å². The smallest absolute Gasteiger partial charge is 0.254 e. The SMILES string of the molecule is O=C(NCCCc1ccccc1)c1cnc(Nc2ccc3c(c2)OCO3)nc1. The maximum atomic E-state index is 12.2. The first-order valence-electron chi connectivity index (χ1n) is 9.09. The molecule has 7 heteroatoms. The molecule has 2 aromatic carbocycles. The van der Waals surface area contributed by atoms with Gasteiger partial charge in [0.25, 0.3) is 5.91 Å². The highest BCUT2D eigenvalue weighted by Gasteiger charge is 2.13. The molecule has 28 heavy (non-hydrogen) atoms. The molecule has 1 aliphatic heterocycles. The summed E-state index contributed by atoms with van der Waals surface area (Å²) in [4.78, 5) is 20.6. The van der Waals surface area contributed by atoms with E-state index >= 15 is 0 Å². The van der Waals surface area contributed by atoms with E-state index in [4.69, 9.17) is 9.47 Å². The molecular weight excluding hydrogens is 356 g/mol. The second-order valence-corrected chi connectivity index (χ2v) is 6.33. The van der Waals surface area contributed by atoms with Gasteiger partial charge in [0.15, 0.2) is 11.5 Å². The zero-order valence-corrected chi connectivity index (χ0v) is 15.2. The van der Waals surface area contributed by atoms with Crippen LogP contribution >= 0.6 is 0 Å². The van der Waals surface area contributed by atoms with Gasteiger partial charge in [-0.05, 0) is 30.5 Å². The number of nitrogens with one attached hydrogen (secondary N) is 2. The Morgan fingerprint density at radius 1 is 1.00 bits per heavy atom. The van der Waals surface area contributed by atoms with Gasteiger partial charge in [-0.2, -0.15) is 0 Å². The van der Waals surface area contributed by atoms with Crippen LogP contribution < -0.4 is 20.1 Å². The molecule has 0 fully saturated rings. The Balaban J connectivity index is 1.27. The molecule has 0 unspecified atom stereocenters. The topological polar surface area (TPSA) is 85.4 Å². The average molecular weight is 376 g/mol. The number of ether oxygens (including phenoxy) is 2. The molecule has 3 aromatic rings. The van der Waals surface area contributed by atoms with E-state index in [0.717, 1.165) is 18.5 Å². The molecule has 1 aliphatic rings. The lowest BCUT2D eigenvalue weighted by Crippen LogP contribution is -2.25. The molecule has 0 atom stereocenters. The number of hydrogen-bond donors (Lipinski definition) is 2. The first kappa shape index (κ1) is 17.8. The second-order valence-electron chi connectivity index (χ2n) is 6.33. The predicted molar refractivity (Wildman–Crippen MR) is 105 cm³/mol.